The van der Waals surface area contributed by atoms with Gasteiger partial charge in [-0.05, 0) is 19.1 Å². The molecule has 2 nitrogen and oxygen atoms in total. The number of ether oxygens (including phenoxy) is 1. The third-order valence-corrected chi connectivity index (χ3v) is 2.87. The number of benzene rings is 2. The van der Waals surface area contributed by atoms with Gasteiger partial charge in [0, 0.05) is 15.8 Å². The maximum atomic E-state index is 8.62. The molecule has 0 aromatic heterocycles. The molecule has 0 bridgehead atoms. The van der Waals surface area contributed by atoms with E-state index in [1.54, 1.807) is 0 Å². The molecular formula is C14H12ClNO. The van der Waals surface area contributed by atoms with Crippen LogP contribution in [0.2, 0.25) is 5.02 Å². The molecule has 0 fully saturated rings. The van der Waals surface area contributed by atoms with Crippen molar-refractivity contribution < 1.29 is 4.74 Å². The minimum absolute atomic E-state index is 0.121. The summed E-state index contributed by atoms with van der Waals surface area (Å²) in [6, 6.07) is 13.6. The lowest BCUT2D eigenvalue weighted by atomic mass is 10.1. The van der Waals surface area contributed by atoms with Crippen LogP contribution in [0, 0.1) is 11.3 Å². The molecular weight excluding hydrogens is 234 g/mol. The predicted molar refractivity (Wildman–Crippen MR) is 69.3 cm³/mol. The van der Waals surface area contributed by atoms with Crippen LogP contribution in [-0.2, 0) is 0 Å². The second-order valence-corrected chi connectivity index (χ2v) is 4.29. The molecule has 3 heteroatoms. The Bertz CT molecular complexity index is 574. The standard InChI is InChI=1S/C14H12ClNO/c1-10(8-9-16)17-14-7-6-13(15)11-4-2-3-5-12(11)14/h2-7,10H,8H2,1H3. The maximum absolute atomic E-state index is 8.62. The summed E-state index contributed by atoms with van der Waals surface area (Å²) in [5.74, 6) is 0.771. The zero-order valence-electron chi connectivity index (χ0n) is 9.48. The Morgan fingerprint density at radius 3 is 2.65 bits per heavy atom. The van der Waals surface area contributed by atoms with Crippen molar-refractivity contribution >= 4 is 22.4 Å². The molecule has 1 atom stereocenters. The molecule has 0 spiro atoms. The van der Waals surface area contributed by atoms with Crippen LogP contribution in [-0.4, -0.2) is 6.10 Å². The lowest BCUT2D eigenvalue weighted by molar-refractivity contribution is 0.230. The van der Waals surface area contributed by atoms with Crippen LogP contribution in [0.15, 0.2) is 36.4 Å². The van der Waals surface area contributed by atoms with E-state index in [1.165, 1.54) is 0 Å². The molecule has 0 aliphatic heterocycles. The van der Waals surface area contributed by atoms with Gasteiger partial charge >= 0.3 is 0 Å². The Morgan fingerprint density at radius 1 is 1.24 bits per heavy atom. The van der Waals surface area contributed by atoms with Crippen molar-refractivity contribution in [3.8, 4) is 11.8 Å². The van der Waals surface area contributed by atoms with E-state index in [1.807, 2.05) is 43.3 Å². The van der Waals surface area contributed by atoms with Crippen molar-refractivity contribution in [3.05, 3.63) is 41.4 Å². The largest absolute Gasteiger partial charge is 0.489 e. The highest BCUT2D eigenvalue weighted by atomic mass is 35.5. The number of rotatable bonds is 3. The Hall–Kier alpha value is -1.72. The number of fused-ring (bicyclic) bond motifs is 1. The van der Waals surface area contributed by atoms with Gasteiger partial charge in [0.15, 0.2) is 0 Å². The lowest BCUT2D eigenvalue weighted by Crippen LogP contribution is -2.10. The van der Waals surface area contributed by atoms with E-state index in [9.17, 15) is 0 Å². The Morgan fingerprint density at radius 2 is 1.94 bits per heavy atom. The molecule has 2 aromatic carbocycles. The topological polar surface area (TPSA) is 33.0 Å². The average Bonchev–Trinajstić information content (AvgIpc) is 2.34. The highest BCUT2D eigenvalue weighted by molar-refractivity contribution is 6.35. The maximum Gasteiger partial charge on any atom is 0.127 e. The first-order valence-corrected chi connectivity index (χ1v) is 5.81. The van der Waals surface area contributed by atoms with E-state index in [0.29, 0.717) is 11.4 Å². The number of halogens is 1. The number of nitriles is 1. The van der Waals surface area contributed by atoms with E-state index in [0.717, 1.165) is 16.5 Å². The monoisotopic (exact) mass is 245 g/mol. The molecule has 17 heavy (non-hydrogen) atoms. The zero-order chi connectivity index (χ0) is 12.3. The summed E-state index contributed by atoms with van der Waals surface area (Å²) in [6.07, 6.45) is 0.251. The van der Waals surface area contributed by atoms with Crippen LogP contribution in [0.25, 0.3) is 10.8 Å². The van der Waals surface area contributed by atoms with Crippen LogP contribution in [0.1, 0.15) is 13.3 Å². The molecule has 2 rings (SSSR count). The molecule has 0 saturated carbocycles. The van der Waals surface area contributed by atoms with Gasteiger partial charge in [0.1, 0.15) is 11.9 Å². The quantitative estimate of drug-likeness (QED) is 0.813. The minimum Gasteiger partial charge on any atom is -0.489 e. The van der Waals surface area contributed by atoms with Crippen LogP contribution in [0.3, 0.4) is 0 Å². The third-order valence-electron chi connectivity index (χ3n) is 2.54. The molecule has 0 aliphatic rings. The molecule has 0 aliphatic carbocycles. The van der Waals surface area contributed by atoms with Gasteiger partial charge in [-0.2, -0.15) is 5.26 Å². The second kappa shape index (κ2) is 5.07. The number of hydrogen-bond donors (Lipinski definition) is 0. The van der Waals surface area contributed by atoms with E-state index >= 15 is 0 Å². The van der Waals surface area contributed by atoms with Crippen molar-refractivity contribution in [2.45, 2.75) is 19.4 Å². The number of nitrogens with zero attached hydrogens (tertiary/aromatic N) is 1. The zero-order valence-corrected chi connectivity index (χ0v) is 10.2. The SMILES string of the molecule is CC(CC#N)Oc1ccc(Cl)c2ccccc12. The minimum atomic E-state index is -0.121. The summed E-state index contributed by atoms with van der Waals surface area (Å²) in [7, 11) is 0. The van der Waals surface area contributed by atoms with E-state index in [4.69, 9.17) is 21.6 Å². The van der Waals surface area contributed by atoms with Crippen LogP contribution in [0.5, 0.6) is 5.75 Å². The first kappa shape index (κ1) is 11.8. The Labute approximate surface area is 105 Å². The van der Waals surface area contributed by atoms with Crippen molar-refractivity contribution in [2.24, 2.45) is 0 Å². The van der Waals surface area contributed by atoms with Crippen molar-refractivity contribution in [1.29, 1.82) is 5.26 Å². The average molecular weight is 246 g/mol. The highest BCUT2D eigenvalue weighted by Gasteiger charge is 2.08. The van der Waals surface area contributed by atoms with Gasteiger partial charge in [-0.15, -0.1) is 0 Å². The van der Waals surface area contributed by atoms with Gasteiger partial charge in [0.25, 0.3) is 0 Å². The molecule has 0 amide bonds. The van der Waals surface area contributed by atoms with Gasteiger partial charge in [0.2, 0.25) is 0 Å². The normalized spacial score (nSPS) is 12.1. The fraction of sp³-hybridized carbons (Fsp3) is 0.214. The summed E-state index contributed by atoms with van der Waals surface area (Å²) < 4.78 is 5.74. The molecule has 0 N–H and O–H groups in total. The fourth-order valence-corrected chi connectivity index (χ4v) is 1.95. The molecule has 0 radical (unpaired) electrons. The van der Waals surface area contributed by atoms with E-state index in [-0.39, 0.29) is 6.10 Å². The smallest absolute Gasteiger partial charge is 0.127 e. The lowest BCUT2D eigenvalue weighted by Gasteiger charge is -2.14. The van der Waals surface area contributed by atoms with E-state index < -0.39 is 0 Å². The van der Waals surface area contributed by atoms with Crippen molar-refractivity contribution in [3.63, 3.8) is 0 Å². The summed E-state index contributed by atoms with van der Waals surface area (Å²) in [5, 5.41) is 11.3. The summed E-state index contributed by atoms with van der Waals surface area (Å²) in [5.41, 5.74) is 0. The highest BCUT2D eigenvalue weighted by Crippen LogP contribution is 2.31. The third kappa shape index (κ3) is 2.51. The van der Waals surface area contributed by atoms with Crippen LogP contribution >= 0.6 is 11.6 Å². The van der Waals surface area contributed by atoms with Gasteiger partial charge < -0.3 is 4.74 Å². The van der Waals surface area contributed by atoms with Crippen molar-refractivity contribution in [2.75, 3.05) is 0 Å². The van der Waals surface area contributed by atoms with Crippen molar-refractivity contribution in [1.82, 2.24) is 0 Å². The Kier molecular flexibility index (Phi) is 3.51. The van der Waals surface area contributed by atoms with Gasteiger partial charge in [-0.3, -0.25) is 0 Å². The summed E-state index contributed by atoms with van der Waals surface area (Å²) >= 11 is 6.12. The van der Waals surface area contributed by atoms with Gasteiger partial charge in [-0.25, -0.2) is 0 Å². The first-order valence-electron chi connectivity index (χ1n) is 5.43. The molecule has 0 heterocycles. The summed E-state index contributed by atoms with van der Waals surface area (Å²) in [6.45, 7) is 1.88. The van der Waals surface area contributed by atoms with Crippen LogP contribution < -0.4 is 4.74 Å². The van der Waals surface area contributed by atoms with Gasteiger partial charge in [-0.1, -0.05) is 35.9 Å². The molecule has 0 saturated heterocycles. The first-order chi connectivity index (χ1) is 8.22. The van der Waals surface area contributed by atoms with Gasteiger partial charge in [0.05, 0.1) is 12.5 Å². The van der Waals surface area contributed by atoms with Crippen LogP contribution in [0.4, 0.5) is 0 Å². The van der Waals surface area contributed by atoms with E-state index in [2.05, 4.69) is 6.07 Å². The molecule has 86 valence electrons. The molecule has 2 aromatic rings. The summed E-state index contributed by atoms with van der Waals surface area (Å²) in [4.78, 5) is 0. The Balaban J connectivity index is 2.42. The second-order valence-electron chi connectivity index (χ2n) is 3.88. The molecule has 1 unspecified atom stereocenters. The predicted octanol–water partition coefficient (Wildman–Crippen LogP) is 4.17. The number of hydrogen-bond acceptors (Lipinski definition) is 2. The fourth-order valence-electron chi connectivity index (χ4n) is 1.72.